The number of hydrogen-bond acceptors (Lipinski definition) is 6. The number of benzene rings is 1. The van der Waals surface area contributed by atoms with E-state index in [1.165, 1.54) is 0 Å². The molecule has 1 fully saturated rings. The van der Waals surface area contributed by atoms with Gasteiger partial charge in [-0.1, -0.05) is 34.1 Å². The largest absolute Gasteiger partial charge is 0.464 e. The van der Waals surface area contributed by atoms with Crippen LogP contribution in [0, 0.1) is 6.92 Å². The third kappa shape index (κ3) is 5.29. The van der Waals surface area contributed by atoms with Crippen LogP contribution in [0.3, 0.4) is 0 Å². The Morgan fingerprint density at radius 2 is 2.09 bits per heavy atom. The predicted octanol–water partition coefficient (Wildman–Crippen LogP) is 5.23. The number of aliphatic hydroxyl groups is 1. The van der Waals surface area contributed by atoms with Crippen molar-refractivity contribution in [2.24, 2.45) is 0 Å². The molecule has 1 N–H and O–H groups in total. The van der Waals surface area contributed by atoms with Crippen molar-refractivity contribution in [2.45, 2.75) is 45.3 Å². The molecule has 3 heterocycles. The quantitative estimate of drug-likeness (QED) is 0.311. The van der Waals surface area contributed by atoms with E-state index in [9.17, 15) is 9.90 Å². The number of piperidine rings is 1. The maximum absolute atomic E-state index is 12.6. The summed E-state index contributed by atoms with van der Waals surface area (Å²) >= 11 is 3.54. The number of nitrogens with zero attached hydrogens (tertiary/aromatic N) is 3. The summed E-state index contributed by atoms with van der Waals surface area (Å²) < 4.78 is 14.2. The summed E-state index contributed by atoms with van der Waals surface area (Å²) in [6.07, 6.45) is 5.86. The maximum Gasteiger partial charge on any atom is 0.339 e. The maximum atomic E-state index is 12.6. The molecule has 2 aromatic heterocycles. The molecule has 0 radical (unpaired) electrons. The molecule has 186 valence electrons. The van der Waals surface area contributed by atoms with Crippen LogP contribution < -0.4 is 4.90 Å². The van der Waals surface area contributed by atoms with Crippen molar-refractivity contribution in [3.8, 4) is 11.3 Å². The highest BCUT2D eigenvalue weighted by Crippen LogP contribution is 2.39. The Morgan fingerprint density at radius 1 is 1.34 bits per heavy atom. The fraction of sp³-hybridized carbons (Fsp3) is 0.407. The minimum absolute atomic E-state index is 0.200. The number of ether oxygens (including phenoxy) is 2. The number of rotatable bonds is 8. The SMILES string of the molecule is C=CCOC1(C)CCN(c2c([C@H](O)C(=O)OCC)c(C)cn3cc(-c4cccc(Br)c4)nc23)CC1. The molecule has 0 aliphatic carbocycles. The molecular formula is C27H32BrN3O4. The number of aryl methyl sites for hydroxylation is 1. The number of esters is 1. The van der Waals surface area contributed by atoms with Gasteiger partial charge in [-0.15, -0.1) is 6.58 Å². The summed E-state index contributed by atoms with van der Waals surface area (Å²) in [5.41, 5.74) is 4.33. The number of carbonyl (C=O) groups excluding carboxylic acids is 1. The van der Waals surface area contributed by atoms with E-state index in [1.54, 1.807) is 13.0 Å². The number of anilines is 1. The Hall–Kier alpha value is -2.68. The molecule has 3 aromatic rings. The lowest BCUT2D eigenvalue weighted by Crippen LogP contribution is -2.45. The number of halogens is 1. The molecule has 1 aromatic carbocycles. The van der Waals surface area contributed by atoms with Crippen molar-refractivity contribution >= 4 is 33.2 Å². The third-order valence-electron chi connectivity index (χ3n) is 6.55. The van der Waals surface area contributed by atoms with Crippen LogP contribution in [-0.2, 0) is 14.3 Å². The molecule has 1 aliphatic rings. The van der Waals surface area contributed by atoms with Crippen LogP contribution in [-0.4, -0.2) is 52.4 Å². The molecule has 0 bridgehead atoms. The molecule has 7 nitrogen and oxygen atoms in total. The van der Waals surface area contributed by atoms with Gasteiger partial charge in [0.15, 0.2) is 11.8 Å². The van der Waals surface area contributed by atoms with Gasteiger partial charge in [-0.25, -0.2) is 9.78 Å². The van der Waals surface area contributed by atoms with Crippen LogP contribution >= 0.6 is 15.9 Å². The fourth-order valence-electron chi connectivity index (χ4n) is 4.64. The first-order chi connectivity index (χ1) is 16.8. The van der Waals surface area contributed by atoms with E-state index in [2.05, 4.69) is 34.3 Å². The van der Waals surface area contributed by atoms with E-state index in [0.29, 0.717) is 30.9 Å². The monoisotopic (exact) mass is 541 g/mol. The molecule has 1 atom stereocenters. The molecule has 0 amide bonds. The molecular weight excluding hydrogens is 510 g/mol. The topological polar surface area (TPSA) is 76.3 Å². The second kappa shape index (κ2) is 10.5. The van der Waals surface area contributed by atoms with E-state index in [4.69, 9.17) is 14.5 Å². The van der Waals surface area contributed by atoms with Crippen LogP contribution in [0.1, 0.15) is 43.9 Å². The lowest BCUT2D eigenvalue weighted by atomic mass is 9.92. The molecule has 8 heteroatoms. The fourth-order valence-corrected chi connectivity index (χ4v) is 5.04. The smallest absolute Gasteiger partial charge is 0.339 e. The van der Waals surface area contributed by atoms with Gasteiger partial charge >= 0.3 is 5.97 Å². The average molecular weight is 542 g/mol. The van der Waals surface area contributed by atoms with E-state index in [0.717, 1.165) is 39.8 Å². The van der Waals surface area contributed by atoms with Crippen molar-refractivity contribution in [3.63, 3.8) is 0 Å². The van der Waals surface area contributed by atoms with Crippen molar-refractivity contribution in [1.82, 2.24) is 9.38 Å². The normalized spacial score (nSPS) is 16.3. The van der Waals surface area contributed by atoms with Crippen LogP contribution in [0.25, 0.3) is 16.9 Å². The Balaban J connectivity index is 1.82. The van der Waals surface area contributed by atoms with Gasteiger partial charge in [0.05, 0.1) is 30.2 Å². The highest BCUT2D eigenvalue weighted by Gasteiger charge is 2.35. The standard InChI is InChI=1S/C27H32BrN3O4/c1-5-14-35-27(4)10-12-30(13-11-27)23-22(24(32)26(33)34-6-2)18(3)16-31-17-21(29-25(23)31)19-8-7-9-20(28)15-19/h5,7-9,15-17,24,32H,1,6,10-14H2,2-4H3/t24-/m0/s1. The van der Waals surface area contributed by atoms with Crippen LogP contribution in [0.4, 0.5) is 5.69 Å². The Kier molecular flexibility index (Phi) is 7.64. The number of fused-ring (bicyclic) bond motifs is 1. The first kappa shape index (κ1) is 25.4. The summed E-state index contributed by atoms with van der Waals surface area (Å²) in [5, 5.41) is 11.1. The van der Waals surface area contributed by atoms with Gasteiger partial charge in [-0.2, -0.15) is 0 Å². The second-order valence-electron chi connectivity index (χ2n) is 9.13. The molecule has 0 spiro atoms. The first-order valence-corrected chi connectivity index (χ1v) is 12.7. The lowest BCUT2D eigenvalue weighted by molar-refractivity contribution is -0.153. The highest BCUT2D eigenvalue weighted by atomic mass is 79.9. The Bertz CT molecular complexity index is 1230. The second-order valence-corrected chi connectivity index (χ2v) is 10.0. The molecule has 4 rings (SSSR count). The zero-order valence-corrected chi connectivity index (χ0v) is 22.0. The van der Waals surface area contributed by atoms with Crippen LogP contribution in [0.5, 0.6) is 0 Å². The van der Waals surface area contributed by atoms with E-state index in [1.807, 2.05) is 48.0 Å². The summed E-state index contributed by atoms with van der Waals surface area (Å²) in [4.78, 5) is 19.8. The number of hydrogen-bond donors (Lipinski definition) is 1. The van der Waals surface area contributed by atoms with Crippen LogP contribution in [0.2, 0.25) is 0 Å². The number of carbonyl (C=O) groups is 1. The average Bonchev–Trinajstić information content (AvgIpc) is 3.26. The Morgan fingerprint density at radius 3 is 2.74 bits per heavy atom. The summed E-state index contributed by atoms with van der Waals surface area (Å²) in [6.45, 7) is 11.6. The van der Waals surface area contributed by atoms with E-state index >= 15 is 0 Å². The van der Waals surface area contributed by atoms with Crippen molar-refractivity contribution in [2.75, 3.05) is 31.2 Å². The highest BCUT2D eigenvalue weighted by molar-refractivity contribution is 9.10. The molecule has 1 aliphatic heterocycles. The zero-order chi connectivity index (χ0) is 25.2. The first-order valence-electron chi connectivity index (χ1n) is 11.9. The number of aliphatic hydroxyl groups excluding tert-OH is 1. The third-order valence-corrected chi connectivity index (χ3v) is 7.04. The number of pyridine rings is 1. The van der Waals surface area contributed by atoms with Gasteiger partial charge in [0, 0.05) is 41.1 Å². The van der Waals surface area contributed by atoms with Gasteiger partial charge in [0.2, 0.25) is 0 Å². The summed E-state index contributed by atoms with van der Waals surface area (Å²) in [6, 6.07) is 7.98. The summed E-state index contributed by atoms with van der Waals surface area (Å²) in [7, 11) is 0. The van der Waals surface area contributed by atoms with E-state index < -0.39 is 12.1 Å². The minimum atomic E-state index is -1.40. The molecule has 0 unspecified atom stereocenters. The van der Waals surface area contributed by atoms with Gasteiger partial charge in [-0.05, 0) is 51.3 Å². The van der Waals surface area contributed by atoms with Gasteiger partial charge in [0.1, 0.15) is 0 Å². The van der Waals surface area contributed by atoms with Gasteiger partial charge in [-0.3, -0.25) is 0 Å². The number of aromatic nitrogens is 2. The zero-order valence-electron chi connectivity index (χ0n) is 20.5. The van der Waals surface area contributed by atoms with Gasteiger partial charge < -0.3 is 23.9 Å². The molecule has 35 heavy (non-hydrogen) atoms. The van der Waals surface area contributed by atoms with Crippen molar-refractivity contribution < 1.29 is 19.4 Å². The van der Waals surface area contributed by atoms with Crippen LogP contribution in [0.15, 0.2) is 53.8 Å². The lowest BCUT2D eigenvalue weighted by Gasteiger charge is -2.41. The van der Waals surface area contributed by atoms with Gasteiger partial charge in [0.25, 0.3) is 0 Å². The minimum Gasteiger partial charge on any atom is -0.464 e. The molecule has 0 saturated carbocycles. The molecule has 1 saturated heterocycles. The number of imidazole rings is 1. The van der Waals surface area contributed by atoms with E-state index in [-0.39, 0.29) is 12.2 Å². The van der Waals surface area contributed by atoms with Crippen molar-refractivity contribution in [1.29, 1.82) is 0 Å². The predicted molar refractivity (Wildman–Crippen MR) is 141 cm³/mol. The van der Waals surface area contributed by atoms with Crippen molar-refractivity contribution in [3.05, 3.63) is 64.9 Å². The Labute approximate surface area is 214 Å². The summed E-state index contributed by atoms with van der Waals surface area (Å²) in [5.74, 6) is -0.656.